The van der Waals surface area contributed by atoms with Crippen LogP contribution in [0.3, 0.4) is 0 Å². The zero-order valence-corrected chi connectivity index (χ0v) is 12.4. The van der Waals surface area contributed by atoms with Crippen molar-refractivity contribution in [1.82, 2.24) is 5.32 Å². The summed E-state index contributed by atoms with van der Waals surface area (Å²) in [5, 5.41) is 3.03. The van der Waals surface area contributed by atoms with Crippen LogP contribution in [0.1, 0.15) is 30.4 Å². The van der Waals surface area contributed by atoms with Crippen molar-refractivity contribution < 1.29 is 4.79 Å². The molecule has 3 heteroatoms. The molecule has 2 aromatic rings. The van der Waals surface area contributed by atoms with Crippen LogP contribution in [-0.4, -0.2) is 12.5 Å². The Balaban J connectivity index is 1.86. The van der Waals surface area contributed by atoms with Gasteiger partial charge in [0.25, 0.3) is 0 Å². The van der Waals surface area contributed by atoms with Crippen LogP contribution in [0, 0.1) is 0 Å². The Bertz CT molecular complexity index is 564. The summed E-state index contributed by atoms with van der Waals surface area (Å²) in [6.07, 6.45) is 1.40. The zero-order chi connectivity index (χ0) is 15.1. The molecule has 0 aliphatic carbocycles. The van der Waals surface area contributed by atoms with Crippen LogP contribution in [0.5, 0.6) is 0 Å². The van der Waals surface area contributed by atoms with Gasteiger partial charge in [0.1, 0.15) is 0 Å². The zero-order valence-electron chi connectivity index (χ0n) is 12.4. The predicted octanol–water partition coefficient (Wildman–Crippen LogP) is 3.12. The van der Waals surface area contributed by atoms with Crippen LogP contribution in [0.25, 0.3) is 0 Å². The lowest BCUT2D eigenvalue weighted by atomic mass is 9.96. The second-order valence-corrected chi connectivity index (χ2v) is 5.24. The van der Waals surface area contributed by atoms with Gasteiger partial charge in [-0.05, 0) is 29.7 Å². The Morgan fingerprint density at radius 3 is 2.38 bits per heavy atom. The largest absolute Gasteiger partial charge is 0.399 e. The van der Waals surface area contributed by atoms with Crippen LogP contribution in [-0.2, 0) is 11.2 Å². The maximum absolute atomic E-state index is 12.0. The molecule has 21 heavy (non-hydrogen) atoms. The third kappa shape index (κ3) is 4.63. The molecule has 0 saturated carbocycles. The van der Waals surface area contributed by atoms with E-state index in [0.717, 1.165) is 12.0 Å². The van der Waals surface area contributed by atoms with Crippen molar-refractivity contribution in [2.24, 2.45) is 0 Å². The average Bonchev–Trinajstić information content (AvgIpc) is 2.51. The van der Waals surface area contributed by atoms with E-state index in [0.29, 0.717) is 24.6 Å². The number of amides is 1. The van der Waals surface area contributed by atoms with E-state index in [1.807, 2.05) is 42.5 Å². The normalized spacial score (nSPS) is 11.9. The third-order valence-corrected chi connectivity index (χ3v) is 3.65. The van der Waals surface area contributed by atoms with E-state index < -0.39 is 0 Å². The highest BCUT2D eigenvalue weighted by molar-refractivity contribution is 5.78. The molecule has 3 N–H and O–H groups in total. The van der Waals surface area contributed by atoms with Gasteiger partial charge in [-0.2, -0.15) is 0 Å². The van der Waals surface area contributed by atoms with Crippen molar-refractivity contribution in [3.63, 3.8) is 0 Å². The number of hydrogen-bond donors (Lipinski definition) is 2. The molecule has 0 spiro atoms. The van der Waals surface area contributed by atoms with Gasteiger partial charge in [0.05, 0.1) is 6.42 Å². The summed E-state index contributed by atoms with van der Waals surface area (Å²) in [6, 6.07) is 17.7. The van der Waals surface area contributed by atoms with Gasteiger partial charge < -0.3 is 11.1 Å². The van der Waals surface area contributed by atoms with Crippen molar-refractivity contribution in [2.45, 2.75) is 25.7 Å². The monoisotopic (exact) mass is 282 g/mol. The molecule has 0 heterocycles. The van der Waals surface area contributed by atoms with Crippen LogP contribution in [0.2, 0.25) is 0 Å². The first-order valence-corrected chi connectivity index (χ1v) is 7.35. The van der Waals surface area contributed by atoms with Gasteiger partial charge >= 0.3 is 0 Å². The maximum atomic E-state index is 12.0. The molecule has 1 unspecified atom stereocenters. The summed E-state index contributed by atoms with van der Waals surface area (Å²) in [5.41, 5.74) is 8.61. The van der Waals surface area contributed by atoms with Crippen LogP contribution in [0.4, 0.5) is 5.69 Å². The molecule has 110 valence electrons. The Hall–Kier alpha value is -2.29. The van der Waals surface area contributed by atoms with Gasteiger partial charge in [0.15, 0.2) is 0 Å². The van der Waals surface area contributed by atoms with Gasteiger partial charge in [-0.25, -0.2) is 0 Å². The molecule has 0 radical (unpaired) electrons. The van der Waals surface area contributed by atoms with Crippen molar-refractivity contribution >= 4 is 11.6 Å². The number of hydrogen-bond acceptors (Lipinski definition) is 2. The van der Waals surface area contributed by atoms with E-state index in [1.165, 1.54) is 5.56 Å². The van der Waals surface area contributed by atoms with Gasteiger partial charge in [0.2, 0.25) is 5.91 Å². The maximum Gasteiger partial charge on any atom is 0.224 e. The van der Waals surface area contributed by atoms with Crippen molar-refractivity contribution in [1.29, 1.82) is 0 Å². The van der Waals surface area contributed by atoms with Crippen molar-refractivity contribution in [3.05, 3.63) is 65.7 Å². The molecule has 1 atom stereocenters. The topological polar surface area (TPSA) is 55.1 Å². The molecule has 0 aliphatic rings. The molecule has 1 amide bonds. The van der Waals surface area contributed by atoms with Crippen LogP contribution < -0.4 is 11.1 Å². The second kappa shape index (κ2) is 7.48. The fourth-order valence-electron chi connectivity index (χ4n) is 2.34. The SMILES string of the molecule is CCC(CNC(=O)Cc1ccc(N)cc1)c1ccccc1. The highest BCUT2D eigenvalue weighted by Gasteiger charge is 2.11. The van der Waals surface area contributed by atoms with Gasteiger partial charge in [0, 0.05) is 18.2 Å². The van der Waals surface area contributed by atoms with Crippen molar-refractivity contribution in [3.8, 4) is 0 Å². The Kier molecular flexibility index (Phi) is 5.38. The molecule has 0 aromatic heterocycles. The minimum Gasteiger partial charge on any atom is -0.399 e. The molecular weight excluding hydrogens is 260 g/mol. The molecule has 2 aromatic carbocycles. The van der Waals surface area contributed by atoms with Gasteiger partial charge in [-0.3, -0.25) is 4.79 Å². The first-order chi connectivity index (χ1) is 10.2. The first kappa shape index (κ1) is 15.1. The summed E-state index contributed by atoms with van der Waals surface area (Å²) in [5.74, 6) is 0.413. The highest BCUT2D eigenvalue weighted by atomic mass is 16.1. The second-order valence-electron chi connectivity index (χ2n) is 5.24. The van der Waals surface area contributed by atoms with E-state index in [1.54, 1.807) is 0 Å². The molecule has 2 rings (SSSR count). The van der Waals surface area contributed by atoms with Gasteiger partial charge in [-0.15, -0.1) is 0 Å². The number of carbonyl (C=O) groups excluding carboxylic acids is 1. The molecule has 0 fully saturated rings. The number of benzene rings is 2. The van der Waals surface area contributed by atoms with Crippen LogP contribution in [0.15, 0.2) is 54.6 Å². The third-order valence-electron chi connectivity index (χ3n) is 3.65. The minimum absolute atomic E-state index is 0.0501. The van der Waals surface area contributed by atoms with E-state index >= 15 is 0 Å². The minimum atomic E-state index is 0.0501. The standard InChI is InChI=1S/C18H22N2O/c1-2-15(16-6-4-3-5-7-16)13-20-18(21)12-14-8-10-17(19)11-9-14/h3-11,15H,2,12-13,19H2,1H3,(H,20,21). The molecule has 0 saturated heterocycles. The molecular formula is C18H22N2O. The Morgan fingerprint density at radius 1 is 1.10 bits per heavy atom. The lowest BCUT2D eigenvalue weighted by Gasteiger charge is -2.16. The number of rotatable bonds is 6. The van der Waals surface area contributed by atoms with E-state index in [4.69, 9.17) is 5.73 Å². The van der Waals surface area contributed by atoms with E-state index in [2.05, 4.69) is 24.4 Å². The van der Waals surface area contributed by atoms with E-state index in [-0.39, 0.29) is 5.91 Å². The quantitative estimate of drug-likeness (QED) is 0.800. The van der Waals surface area contributed by atoms with Crippen molar-refractivity contribution in [2.75, 3.05) is 12.3 Å². The smallest absolute Gasteiger partial charge is 0.224 e. The van der Waals surface area contributed by atoms with Crippen LogP contribution >= 0.6 is 0 Å². The predicted molar refractivity (Wildman–Crippen MR) is 87.0 cm³/mol. The summed E-state index contributed by atoms with van der Waals surface area (Å²) >= 11 is 0. The Labute approximate surface area is 126 Å². The number of nitrogens with one attached hydrogen (secondary N) is 1. The number of anilines is 1. The molecule has 3 nitrogen and oxygen atoms in total. The summed E-state index contributed by atoms with van der Waals surface area (Å²) < 4.78 is 0. The highest BCUT2D eigenvalue weighted by Crippen LogP contribution is 2.18. The summed E-state index contributed by atoms with van der Waals surface area (Å²) in [4.78, 5) is 12.0. The molecule has 0 bridgehead atoms. The van der Waals surface area contributed by atoms with Gasteiger partial charge in [-0.1, -0.05) is 49.4 Å². The Morgan fingerprint density at radius 2 is 1.76 bits per heavy atom. The number of nitrogen functional groups attached to an aromatic ring is 1. The lowest BCUT2D eigenvalue weighted by Crippen LogP contribution is -2.29. The summed E-state index contributed by atoms with van der Waals surface area (Å²) in [6.45, 7) is 2.82. The average molecular weight is 282 g/mol. The molecule has 0 aliphatic heterocycles. The fraction of sp³-hybridized carbons (Fsp3) is 0.278. The fourth-order valence-corrected chi connectivity index (χ4v) is 2.34. The lowest BCUT2D eigenvalue weighted by molar-refractivity contribution is -0.120. The number of nitrogens with two attached hydrogens (primary N) is 1. The summed E-state index contributed by atoms with van der Waals surface area (Å²) in [7, 11) is 0. The number of carbonyl (C=O) groups is 1. The van der Waals surface area contributed by atoms with E-state index in [9.17, 15) is 4.79 Å². The first-order valence-electron chi connectivity index (χ1n) is 7.35.